The van der Waals surface area contributed by atoms with Gasteiger partial charge in [0.1, 0.15) is 5.76 Å². The Hall–Kier alpha value is -0.850. The van der Waals surface area contributed by atoms with Crippen molar-refractivity contribution in [2.45, 2.75) is 76.1 Å². The van der Waals surface area contributed by atoms with Gasteiger partial charge in [0.15, 0.2) is 0 Å². The predicted octanol–water partition coefficient (Wildman–Crippen LogP) is 2.78. The topological polar surface area (TPSA) is 71.3 Å². The maximum atomic E-state index is 12.3. The summed E-state index contributed by atoms with van der Waals surface area (Å²) in [7, 11) is -3.54. The molecule has 0 aliphatic heterocycles. The van der Waals surface area contributed by atoms with Crippen molar-refractivity contribution in [2.75, 3.05) is 0 Å². The summed E-state index contributed by atoms with van der Waals surface area (Å²) in [5.74, 6) is 0.643. The van der Waals surface area contributed by atoms with Crippen LogP contribution in [0.5, 0.6) is 0 Å². The van der Waals surface area contributed by atoms with Crippen molar-refractivity contribution < 1.29 is 12.8 Å². The Morgan fingerprint density at radius 2 is 1.86 bits per heavy atom. The van der Waals surface area contributed by atoms with Crippen LogP contribution < -0.4 is 10.0 Å². The third-order valence-electron chi connectivity index (χ3n) is 3.76. The molecule has 1 aliphatic rings. The SMILES string of the molecule is CC(C)NCc1ccc(S(=O)(=O)NC2CCCCCC2)o1. The van der Waals surface area contributed by atoms with Gasteiger partial charge in [-0.3, -0.25) is 0 Å². The molecule has 0 atom stereocenters. The summed E-state index contributed by atoms with van der Waals surface area (Å²) < 4.78 is 32.9. The summed E-state index contributed by atoms with van der Waals surface area (Å²) in [6.07, 6.45) is 6.42. The fraction of sp³-hybridized carbons (Fsp3) is 0.733. The van der Waals surface area contributed by atoms with Crippen LogP contribution in [0.25, 0.3) is 0 Å². The Kier molecular flexibility index (Phi) is 5.84. The van der Waals surface area contributed by atoms with Crippen molar-refractivity contribution in [3.05, 3.63) is 17.9 Å². The molecule has 120 valence electrons. The Bertz CT molecular complexity index is 529. The molecule has 1 fully saturated rings. The molecule has 0 amide bonds. The molecule has 0 spiro atoms. The fourth-order valence-corrected chi connectivity index (χ4v) is 3.83. The van der Waals surface area contributed by atoms with E-state index in [4.69, 9.17) is 4.42 Å². The van der Waals surface area contributed by atoms with Crippen LogP contribution in [0.4, 0.5) is 0 Å². The average Bonchev–Trinajstić information content (AvgIpc) is 2.76. The molecule has 0 saturated heterocycles. The number of furan rings is 1. The molecule has 1 aliphatic carbocycles. The molecule has 6 heteroatoms. The first-order valence-corrected chi connectivity index (χ1v) is 9.30. The highest BCUT2D eigenvalue weighted by molar-refractivity contribution is 7.89. The molecule has 0 unspecified atom stereocenters. The fourth-order valence-electron chi connectivity index (χ4n) is 2.58. The maximum Gasteiger partial charge on any atom is 0.274 e. The third kappa shape index (κ3) is 5.13. The van der Waals surface area contributed by atoms with E-state index < -0.39 is 10.0 Å². The van der Waals surface area contributed by atoms with Gasteiger partial charge in [0.05, 0.1) is 6.54 Å². The molecule has 5 nitrogen and oxygen atoms in total. The van der Waals surface area contributed by atoms with Crippen molar-refractivity contribution >= 4 is 10.0 Å². The lowest BCUT2D eigenvalue weighted by molar-refractivity contribution is 0.389. The lowest BCUT2D eigenvalue weighted by Gasteiger charge is -2.15. The molecule has 21 heavy (non-hydrogen) atoms. The molecular formula is C15H26N2O3S. The van der Waals surface area contributed by atoms with E-state index in [1.165, 1.54) is 18.9 Å². The second kappa shape index (κ2) is 7.42. The van der Waals surface area contributed by atoms with Crippen molar-refractivity contribution in [3.8, 4) is 0 Å². The molecule has 2 N–H and O–H groups in total. The third-order valence-corrected chi connectivity index (χ3v) is 5.16. The Morgan fingerprint density at radius 3 is 2.48 bits per heavy atom. The summed E-state index contributed by atoms with van der Waals surface area (Å²) in [5, 5.41) is 3.23. The first-order valence-electron chi connectivity index (χ1n) is 7.82. The van der Waals surface area contributed by atoms with Crippen LogP contribution in [0.15, 0.2) is 21.6 Å². The lowest BCUT2D eigenvalue weighted by Crippen LogP contribution is -2.34. The number of sulfonamides is 1. The van der Waals surface area contributed by atoms with E-state index >= 15 is 0 Å². The largest absolute Gasteiger partial charge is 0.447 e. The van der Waals surface area contributed by atoms with E-state index in [-0.39, 0.29) is 11.1 Å². The van der Waals surface area contributed by atoms with Gasteiger partial charge in [0, 0.05) is 12.1 Å². The molecule has 0 radical (unpaired) electrons. The Balaban J connectivity index is 1.98. The summed E-state index contributed by atoms with van der Waals surface area (Å²) in [6, 6.07) is 3.63. The quantitative estimate of drug-likeness (QED) is 0.792. The van der Waals surface area contributed by atoms with Crippen LogP contribution in [-0.2, 0) is 16.6 Å². The highest BCUT2D eigenvalue weighted by Gasteiger charge is 2.24. The molecule has 1 heterocycles. The summed E-state index contributed by atoms with van der Waals surface area (Å²) >= 11 is 0. The minimum absolute atomic E-state index is 0.0207. The van der Waals surface area contributed by atoms with Gasteiger partial charge in [-0.25, -0.2) is 13.1 Å². The van der Waals surface area contributed by atoms with Crippen LogP contribution >= 0.6 is 0 Å². The minimum atomic E-state index is -3.54. The number of rotatable bonds is 6. The van der Waals surface area contributed by atoms with Crippen LogP contribution in [-0.4, -0.2) is 20.5 Å². The number of hydrogen-bond acceptors (Lipinski definition) is 4. The van der Waals surface area contributed by atoms with Gasteiger partial charge >= 0.3 is 0 Å². The van der Waals surface area contributed by atoms with Gasteiger partial charge in [0.2, 0.25) is 5.09 Å². The second-order valence-corrected chi connectivity index (χ2v) is 7.71. The zero-order valence-corrected chi connectivity index (χ0v) is 13.7. The summed E-state index contributed by atoms with van der Waals surface area (Å²) in [5.41, 5.74) is 0. The van der Waals surface area contributed by atoms with Crippen LogP contribution in [0.3, 0.4) is 0 Å². The van der Waals surface area contributed by atoms with E-state index in [1.54, 1.807) is 6.07 Å². The van der Waals surface area contributed by atoms with E-state index in [1.807, 2.05) is 13.8 Å². The van der Waals surface area contributed by atoms with Gasteiger partial charge in [-0.05, 0) is 25.0 Å². The number of nitrogens with one attached hydrogen (secondary N) is 2. The zero-order valence-electron chi connectivity index (χ0n) is 12.9. The highest BCUT2D eigenvalue weighted by atomic mass is 32.2. The van der Waals surface area contributed by atoms with Gasteiger partial charge in [0.25, 0.3) is 10.0 Å². The smallest absolute Gasteiger partial charge is 0.274 e. The molecule has 1 aromatic heterocycles. The van der Waals surface area contributed by atoms with Crippen LogP contribution in [0, 0.1) is 0 Å². The van der Waals surface area contributed by atoms with E-state index in [2.05, 4.69) is 10.0 Å². The van der Waals surface area contributed by atoms with Crippen molar-refractivity contribution in [1.29, 1.82) is 0 Å². The van der Waals surface area contributed by atoms with Crippen molar-refractivity contribution in [2.24, 2.45) is 0 Å². The predicted molar refractivity (Wildman–Crippen MR) is 82.5 cm³/mol. The normalized spacial score (nSPS) is 18.0. The summed E-state index contributed by atoms with van der Waals surface area (Å²) in [6.45, 7) is 4.61. The monoisotopic (exact) mass is 314 g/mol. The Morgan fingerprint density at radius 1 is 1.19 bits per heavy atom. The van der Waals surface area contributed by atoms with E-state index in [0.717, 1.165) is 25.7 Å². The molecule has 1 saturated carbocycles. The van der Waals surface area contributed by atoms with Crippen LogP contribution in [0.2, 0.25) is 0 Å². The first-order chi connectivity index (χ1) is 9.97. The van der Waals surface area contributed by atoms with Crippen molar-refractivity contribution in [3.63, 3.8) is 0 Å². The Labute approximate surface area is 127 Å². The average molecular weight is 314 g/mol. The van der Waals surface area contributed by atoms with E-state index in [0.29, 0.717) is 18.3 Å². The molecule has 1 aromatic rings. The summed E-state index contributed by atoms with van der Waals surface area (Å²) in [4.78, 5) is 0. The van der Waals surface area contributed by atoms with Gasteiger partial charge in [-0.1, -0.05) is 39.5 Å². The molecule has 0 aromatic carbocycles. The van der Waals surface area contributed by atoms with E-state index in [9.17, 15) is 8.42 Å². The highest BCUT2D eigenvalue weighted by Crippen LogP contribution is 2.20. The molecular weight excluding hydrogens is 288 g/mol. The van der Waals surface area contributed by atoms with Gasteiger partial charge in [-0.2, -0.15) is 0 Å². The van der Waals surface area contributed by atoms with Crippen LogP contribution in [0.1, 0.15) is 58.1 Å². The number of hydrogen-bond donors (Lipinski definition) is 2. The standard InChI is InChI=1S/C15H26N2O3S/c1-12(2)16-11-14-9-10-15(20-14)21(18,19)17-13-7-5-3-4-6-8-13/h9-10,12-13,16-17H,3-8,11H2,1-2H3. The van der Waals surface area contributed by atoms with Crippen molar-refractivity contribution in [1.82, 2.24) is 10.0 Å². The molecule has 0 bridgehead atoms. The zero-order chi connectivity index (χ0) is 15.3. The van der Waals surface area contributed by atoms with Gasteiger partial charge < -0.3 is 9.73 Å². The minimum Gasteiger partial charge on any atom is -0.447 e. The maximum absolute atomic E-state index is 12.3. The first kappa shape index (κ1) is 16.5. The second-order valence-electron chi connectivity index (χ2n) is 6.07. The van der Waals surface area contributed by atoms with Gasteiger partial charge in [-0.15, -0.1) is 0 Å². The lowest BCUT2D eigenvalue weighted by atomic mass is 10.1. The molecule has 2 rings (SSSR count).